The Balaban J connectivity index is 2.46. The quantitative estimate of drug-likeness (QED) is 0.756. The van der Waals surface area contributed by atoms with Crippen molar-refractivity contribution in [1.29, 1.82) is 0 Å². The van der Waals surface area contributed by atoms with Crippen molar-refractivity contribution < 1.29 is 0 Å². The minimum Gasteiger partial charge on any atom is -0.387 e. The third-order valence-corrected chi connectivity index (χ3v) is 2.30. The van der Waals surface area contributed by atoms with Gasteiger partial charge in [-0.15, -0.1) is 0 Å². The molecule has 1 aliphatic heterocycles. The number of halogens is 1. The zero-order valence-corrected chi connectivity index (χ0v) is 8.54. The van der Waals surface area contributed by atoms with E-state index in [0.29, 0.717) is 5.15 Å². The molecule has 3 nitrogen and oxygen atoms in total. The molecular weight excluding hydrogens is 198 g/mol. The summed E-state index contributed by atoms with van der Waals surface area (Å²) in [6, 6.07) is 1.81. The number of hydrogen-bond acceptors (Lipinski definition) is 3. The van der Waals surface area contributed by atoms with E-state index >= 15 is 0 Å². The van der Waals surface area contributed by atoms with Crippen LogP contribution in [-0.2, 0) is 0 Å². The van der Waals surface area contributed by atoms with Crippen molar-refractivity contribution in [3.63, 3.8) is 0 Å². The number of pyridine rings is 1. The van der Waals surface area contributed by atoms with E-state index in [4.69, 9.17) is 11.6 Å². The van der Waals surface area contributed by atoms with Crippen molar-refractivity contribution in [3.05, 3.63) is 29.1 Å². The summed E-state index contributed by atoms with van der Waals surface area (Å²) in [6.07, 6.45) is 5.68. The van der Waals surface area contributed by atoms with E-state index in [2.05, 4.69) is 21.4 Å². The topological polar surface area (TPSA) is 37.3 Å². The molecule has 2 heterocycles. The number of aromatic nitrogens is 1. The summed E-state index contributed by atoms with van der Waals surface area (Å²) in [5.74, 6) is 0. The normalized spacial score (nSPS) is 14.3. The van der Waals surface area contributed by atoms with E-state index in [1.54, 1.807) is 6.20 Å². The van der Waals surface area contributed by atoms with Gasteiger partial charge in [-0.25, -0.2) is 4.98 Å². The van der Waals surface area contributed by atoms with Gasteiger partial charge in [-0.2, -0.15) is 0 Å². The van der Waals surface area contributed by atoms with E-state index in [1.807, 2.05) is 19.3 Å². The number of rotatable bonds is 2. The van der Waals surface area contributed by atoms with Crippen LogP contribution in [0.25, 0.3) is 5.57 Å². The summed E-state index contributed by atoms with van der Waals surface area (Å²) in [4.78, 5) is 8.19. The first-order chi connectivity index (χ1) is 6.81. The summed E-state index contributed by atoms with van der Waals surface area (Å²) in [6.45, 7) is 0.751. The van der Waals surface area contributed by atoms with Crippen LogP contribution in [0.5, 0.6) is 0 Å². The molecule has 0 aromatic carbocycles. The van der Waals surface area contributed by atoms with Crippen LogP contribution in [0.3, 0.4) is 0 Å². The molecule has 2 rings (SSSR count). The molecule has 0 saturated carbocycles. The van der Waals surface area contributed by atoms with E-state index in [9.17, 15) is 0 Å². The predicted octanol–water partition coefficient (Wildman–Crippen LogP) is 2.24. The summed E-state index contributed by atoms with van der Waals surface area (Å²) in [5.41, 5.74) is 3.11. The minimum absolute atomic E-state index is 0.494. The van der Waals surface area contributed by atoms with Gasteiger partial charge in [-0.05, 0) is 6.07 Å². The highest BCUT2D eigenvalue weighted by Crippen LogP contribution is 2.25. The van der Waals surface area contributed by atoms with Crippen LogP contribution in [0.4, 0.5) is 5.69 Å². The van der Waals surface area contributed by atoms with E-state index in [0.717, 1.165) is 23.4 Å². The first-order valence-corrected chi connectivity index (χ1v) is 4.72. The molecule has 1 aromatic rings. The Hall–Kier alpha value is -1.35. The molecule has 0 unspecified atom stereocenters. The van der Waals surface area contributed by atoms with Crippen molar-refractivity contribution in [3.8, 4) is 0 Å². The summed E-state index contributed by atoms with van der Waals surface area (Å²) in [5, 5.41) is 3.58. The van der Waals surface area contributed by atoms with Gasteiger partial charge in [0.25, 0.3) is 0 Å². The van der Waals surface area contributed by atoms with Crippen molar-refractivity contribution in [2.45, 2.75) is 0 Å². The number of nitrogens with zero attached hydrogens (tertiary/aromatic N) is 2. The lowest BCUT2D eigenvalue weighted by molar-refractivity contribution is 1.29. The lowest BCUT2D eigenvalue weighted by Gasteiger charge is -2.07. The SMILES string of the molecule is CNc1cc(Cl)ncc1C1=CCN=C1. The van der Waals surface area contributed by atoms with Gasteiger partial charge in [0.1, 0.15) is 5.15 Å². The van der Waals surface area contributed by atoms with Gasteiger partial charge in [0.05, 0.1) is 6.54 Å². The third kappa shape index (κ3) is 1.63. The first kappa shape index (κ1) is 9.21. The Bertz CT molecular complexity index is 410. The molecule has 1 N–H and O–H groups in total. The van der Waals surface area contributed by atoms with Crippen molar-refractivity contribution in [2.24, 2.45) is 4.99 Å². The van der Waals surface area contributed by atoms with Crippen LogP contribution in [0.15, 0.2) is 23.3 Å². The Morgan fingerprint density at radius 2 is 2.36 bits per heavy atom. The fraction of sp³-hybridized carbons (Fsp3) is 0.200. The highest BCUT2D eigenvalue weighted by molar-refractivity contribution is 6.29. The molecule has 0 radical (unpaired) electrons. The monoisotopic (exact) mass is 207 g/mol. The van der Waals surface area contributed by atoms with Gasteiger partial charge >= 0.3 is 0 Å². The average molecular weight is 208 g/mol. The maximum atomic E-state index is 5.80. The van der Waals surface area contributed by atoms with Gasteiger partial charge in [0, 0.05) is 36.3 Å². The molecule has 0 aliphatic carbocycles. The zero-order valence-electron chi connectivity index (χ0n) is 7.79. The highest BCUT2D eigenvalue weighted by Gasteiger charge is 2.08. The van der Waals surface area contributed by atoms with Gasteiger partial charge in [-0.1, -0.05) is 17.7 Å². The standard InChI is InChI=1S/C10H10ClN3/c1-12-9-4-10(11)14-6-8(9)7-2-3-13-5-7/h2,4-6H,3H2,1H3,(H,12,14). The minimum atomic E-state index is 0.494. The maximum Gasteiger partial charge on any atom is 0.131 e. The number of nitrogens with one attached hydrogen (secondary N) is 1. The molecule has 1 aliphatic rings. The number of allylic oxidation sites excluding steroid dienone is 1. The van der Waals surface area contributed by atoms with E-state index < -0.39 is 0 Å². The Morgan fingerprint density at radius 1 is 1.50 bits per heavy atom. The van der Waals surface area contributed by atoms with Gasteiger partial charge in [0.2, 0.25) is 0 Å². The van der Waals surface area contributed by atoms with Crippen molar-refractivity contribution >= 4 is 29.1 Å². The van der Waals surface area contributed by atoms with Crippen molar-refractivity contribution in [2.75, 3.05) is 18.9 Å². The molecule has 0 bridgehead atoms. The van der Waals surface area contributed by atoms with Gasteiger partial charge < -0.3 is 5.32 Å². The molecule has 0 amide bonds. The molecule has 0 atom stereocenters. The van der Waals surface area contributed by atoms with Gasteiger partial charge in [-0.3, -0.25) is 4.99 Å². The van der Waals surface area contributed by atoms with Gasteiger partial charge in [0.15, 0.2) is 0 Å². The largest absolute Gasteiger partial charge is 0.387 e. The molecule has 1 aromatic heterocycles. The molecule has 4 heteroatoms. The van der Waals surface area contributed by atoms with Crippen LogP contribution in [-0.4, -0.2) is 24.8 Å². The highest BCUT2D eigenvalue weighted by atomic mass is 35.5. The number of aliphatic imine (C=N–C) groups is 1. The smallest absolute Gasteiger partial charge is 0.131 e. The van der Waals surface area contributed by atoms with Crippen LogP contribution < -0.4 is 5.32 Å². The van der Waals surface area contributed by atoms with Crippen LogP contribution in [0.2, 0.25) is 5.15 Å². The maximum absolute atomic E-state index is 5.80. The second-order valence-corrected chi connectivity index (χ2v) is 3.34. The van der Waals surface area contributed by atoms with E-state index in [-0.39, 0.29) is 0 Å². The summed E-state index contributed by atoms with van der Waals surface area (Å²) >= 11 is 5.80. The Labute approximate surface area is 87.5 Å². The molecule has 0 spiro atoms. The fourth-order valence-corrected chi connectivity index (χ4v) is 1.56. The molecule has 72 valence electrons. The summed E-state index contributed by atoms with van der Waals surface area (Å²) in [7, 11) is 1.86. The second-order valence-electron chi connectivity index (χ2n) is 2.96. The lowest BCUT2D eigenvalue weighted by Crippen LogP contribution is -1.96. The Kier molecular flexibility index (Phi) is 2.50. The molecule has 0 saturated heterocycles. The van der Waals surface area contributed by atoms with Crippen LogP contribution in [0, 0.1) is 0 Å². The third-order valence-electron chi connectivity index (χ3n) is 2.10. The molecule has 14 heavy (non-hydrogen) atoms. The van der Waals surface area contributed by atoms with E-state index in [1.165, 1.54) is 0 Å². The number of anilines is 1. The summed E-state index contributed by atoms with van der Waals surface area (Å²) < 4.78 is 0. The zero-order chi connectivity index (χ0) is 9.97. The predicted molar refractivity (Wildman–Crippen MR) is 60.1 cm³/mol. The van der Waals surface area contributed by atoms with Crippen LogP contribution >= 0.6 is 11.6 Å². The lowest BCUT2D eigenvalue weighted by atomic mass is 10.1. The first-order valence-electron chi connectivity index (χ1n) is 4.35. The Morgan fingerprint density at radius 3 is 3.00 bits per heavy atom. The fourth-order valence-electron chi connectivity index (χ4n) is 1.40. The number of hydrogen-bond donors (Lipinski definition) is 1. The molecular formula is C10H10ClN3. The average Bonchev–Trinajstić information content (AvgIpc) is 2.70. The second kappa shape index (κ2) is 3.80. The van der Waals surface area contributed by atoms with Crippen molar-refractivity contribution in [1.82, 2.24) is 4.98 Å². The molecule has 0 fully saturated rings. The van der Waals surface area contributed by atoms with Crippen LogP contribution in [0.1, 0.15) is 5.56 Å².